The molecule has 1 fully saturated rings. The summed E-state index contributed by atoms with van der Waals surface area (Å²) in [6.07, 6.45) is 1.70. The zero-order valence-corrected chi connectivity index (χ0v) is 16.8. The van der Waals surface area contributed by atoms with E-state index in [9.17, 15) is 4.39 Å². The average molecular weight is 392 g/mol. The molecule has 0 unspecified atom stereocenters. The van der Waals surface area contributed by atoms with Crippen molar-refractivity contribution in [2.45, 2.75) is 13.8 Å². The minimum Gasteiger partial charge on any atom is -0.366 e. The maximum absolute atomic E-state index is 14.1. The number of piperazine rings is 1. The zero-order valence-electron chi connectivity index (χ0n) is 16.8. The summed E-state index contributed by atoms with van der Waals surface area (Å²) in [7, 11) is 0. The van der Waals surface area contributed by atoms with Gasteiger partial charge in [0.15, 0.2) is 5.82 Å². The fourth-order valence-electron chi connectivity index (χ4n) is 3.67. The van der Waals surface area contributed by atoms with E-state index in [1.165, 1.54) is 11.6 Å². The summed E-state index contributed by atoms with van der Waals surface area (Å²) in [5.74, 6) is 1.21. The lowest BCUT2D eigenvalue weighted by Gasteiger charge is -2.36. The summed E-state index contributed by atoms with van der Waals surface area (Å²) in [6, 6.07) is 15.2. The molecule has 0 amide bonds. The quantitative estimate of drug-likeness (QED) is 0.658. The molecule has 1 aliphatic heterocycles. The van der Waals surface area contributed by atoms with Gasteiger partial charge in [0.1, 0.15) is 5.82 Å². The summed E-state index contributed by atoms with van der Waals surface area (Å²) < 4.78 is 14.1. The van der Waals surface area contributed by atoms with E-state index < -0.39 is 0 Å². The summed E-state index contributed by atoms with van der Waals surface area (Å²) in [5.41, 5.74) is 2.90. The molecule has 6 nitrogen and oxygen atoms in total. The molecular weight excluding hydrogens is 367 g/mol. The van der Waals surface area contributed by atoms with Crippen LogP contribution in [0, 0.1) is 12.7 Å². The van der Waals surface area contributed by atoms with E-state index >= 15 is 0 Å². The summed E-state index contributed by atoms with van der Waals surface area (Å²) in [6.45, 7) is 7.86. The Labute approximate surface area is 170 Å². The number of anilines is 4. The van der Waals surface area contributed by atoms with Crippen LogP contribution in [0.3, 0.4) is 0 Å². The van der Waals surface area contributed by atoms with E-state index in [0.29, 0.717) is 11.6 Å². The van der Waals surface area contributed by atoms with Crippen LogP contribution in [0.15, 0.2) is 54.7 Å². The van der Waals surface area contributed by atoms with Gasteiger partial charge in [0.2, 0.25) is 0 Å². The predicted molar refractivity (Wildman–Crippen MR) is 115 cm³/mol. The molecule has 4 rings (SSSR count). The van der Waals surface area contributed by atoms with E-state index in [4.69, 9.17) is 4.98 Å². The highest BCUT2D eigenvalue weighted by Crippen LogP contribution is 2.25. The summed E-state index contributed by atoms with van der Waals surface area (Å²) in [4.78, 5) is 11.1. The molecule has 0 saturated carbocycles. The summed E-state index contributed by atoms with van der Waals surface area (Å²) >= 11 is 0. The number of para-hydroxylation sites is 1. The molecule has 7 heteroatoms. The number of hydrogen-bond acceptors (Lipinski definition) is 6. The van der Waals surface area contributed by atoms with Crippen LogP contribution in [0.5, 0.6) is 0 Å². The van der Waals surface area contributed by atoms with Gasteiger partial charge in [-0.05, 0) is 43.7 Å². The third-order valence-corrected chi connectivity index (χ3v) is 5.20. The minimum atomic E-state index is -0.177. The number of nitrogens with zero attached hydrogens (tertiary/aromatic N) is 6. The third kappa shape index (κ3) is 4.13. The molecule has 150 valence electrons. The fraction of sp³-hybridized carbons (Fsp3) is 0.318. The molecule has 1 aliphatic rings. The van der Waals surface area contributed by atoms with E-state index in [1.54, 1.807) is 12.3 Å². The van der Waals surface area contributed by atoms with Gasteiger partial charge in [-0.25, -0.2) is 4.39 Å². The van der Waals surface area contributed by atoms with Crippen molar-refractivity contribution in [3.63, 3.8) is 0 Å². The van der Waals surface area contributed by atoms with Gasteiger partial charge in [-0.1, -0.05) is 24.3 Å². The lowest BCUT2D eigenvalue weighted by Crippen LogP contribution is -2.47. The van der Waals surface area contributed by atoms with Crippen molar-refractivity contribution in [2.75, 3.05) is 47.4 Å². The molecule has 1 aromatic heterocycles. The van der Waals surface area contributed by atoms with Crippen molar-refractivity contribution in [3.05, 3.63) is 66.1 Å². The molecule has 2 aromatic carbocycles. The highest BCUT2D eigenvalue weighted by Gasteiger charge is 2.21. The topological polar surface area (TPSA) is 48.4 Å². The Morgan fingerprint density at radius 2 is 1.76 bits per heavy atom. The summed E-state index contributed by atoms with van der Waals surface area (Å²) in [5, 5.41) is 8.46. The Hall–Kier alpha value is -3.22. The largest absolute Gasteiger partial charge is 0.366 e. The Balaban J connectivity index is 1.50. The molecular formula is C22H25FN6. The highest BCUT2D eigenvalue weighted by molar-refractivity contribution is 5.59. The van der Waals surface area contributed by atoms with Crippen LogP contribution in [-0.2, 0) is 0 Å². The number of hydrogen-bond donors (Lipinski definition) is 0. The van der Waals surface area contributed by atoms with Gasteiger partial charge in [0.25, 0.3) is 5.95 Å². The molecule has 29 heavy (non-hydrogen) atoms. The number of benzene rings is 2. The van der Waals surface area contributed by atoms with Crippen LogP contribution in [0.4, 0.5) is 27.5 Å². The van der Waals surface area contributed by atoms with Crippen LogP contribution in [0.25, 0.3) is 0 Å². The molecule has 0 radical (unpaired) electrons. The van der Waals surface area contributed by atoms with Crippen LogP contribution in [0.1, 0.15) is 12.5 Å². The van der Waals surface area contributed by atoms with Crippen LogP contribution < -0.4 is 14.7 Å². The van der Waals surface area contributed by atoms with Gasteiger partial charge >= 0.3 is 0 Å². The second-order valence-corrected chi connectivity index (χ2v) is 7.12. The number of aromatic nitrogens is 3. The molecule has 1 saturated heterocycles. The van der Waals surface area contributed by atoms with Crippen LogP contribution >= 0.6 is 0 Å². The fourth-order valence-corrected chi connectivity index (χ4v) is 3.67. The van der Waals surface area contributed by atoms with Crippen LogP contribution in [0.2, 0.25) is 0 Å². The standard InChI is InChI=1S/C22H25FN6/c1-3-29(18-8-6-7-17(2)15-18)22-25-21(16-24-26-22)28-13-11-27(12-14-28)20-10-5-4-9-19(20)23/h4-10,15-16H,3,11-14H2,1-2H3. The normalized spacial score (nSPS) is 14.2. The van der Waals surface area contributed by atoms with Crippen molar-refractivity contribution < 1.29 is 4.39 Å². The Morgan fingerprint density at radius 3 is 2.48 bits per heavy atom. The van der Waals surface area contributed by atoms with Crippen molar-refractivity contribution in [3.8, 4) is 0 Å². The Kier molecular flexibility index (Phi) is 5.55. The van der Waals surface area contributed by atoms with Gasteiger partial charge in [-0.3, -0.25) is 0 Å². The monoisotopic (exact) mass is 392 g/mol. The SMILES string of the molecule is CCN(c1cccc(C)c1)c1nncc(N2CCN(c3ccccc3F)CC2)n1. The minimum absolute atomic E-state index is 0.177. The maximum Gasteiger partial charge on any atom is 0.251 e. The second kappa shape index (κ2) is 8.43. The number of halogens is 1. The third-order valence-electron chi connectivity index (χ3n) is 5.20. The van der Waals surface area contributed by atoms with E-state index in [2.05, 4.69) is 56.9 Å². The molecule has 0 spiro atoms. The van der Waals surface area contributed by atoms with Crippen molar-refractivity contribution in [2.24, 2.45) is 0 Å². The first-order chi connectivity index (χ1) is 14.2. The maximum atomic E-state index is 14.1. The van der Waals surface area contributed by atoms with Gasteiger partial charge in [-0.2, -0.15) is 10.1 Å². The second-order valence-electron chi connectivity index (χ2n) is 7.12. The van der Waals surface area contributed by atoms with Crippen molar-refractivity contribution in [1.82, 2.24) is 15.2 Å². The number of aryl methyl sites for hydroxylation is 1. The first-order valence-corrected chi connectivity index (χ1v) is 9.94. The van der Waals surface area contributed by atoms with E-state index in [0.717, 1.165) is 44.2 Å². The first-order valence-electron chi connectivity index (χ1n) is 9.94. The lowest BCUT2D eigenvalue weighted by atomic mass is 10.2. The molecule has 0 N–H and O–H groups in total. The lowest BCUT2D eigenvalue weighted by molar-refractivity contribution is 0.595. The first kappa shape index (κ1) is 19.1. The zero-order chi connectivity index (χ0) is 20.2. The molecule has 0 bridgehead atoms. The van der Waals surface area contributed by atoms with Gasteiger partial charge in [0.05, 0.1) is 11.9 Å². The predicted octanol–water partition coefficient (Wildman–Crippen LogP) is 3.80. The molecule has 2 heterocycles. The Bertz CT molecular complexity index is 971. The van der Waals surface area contributed by atoms with Crippen LogP contribution in [-0.4, -0.2) is 47.9 Å². The highest BCUT2D eigenvalue weighted by atomic mass is 19.1. The smallest absolute Gasteiger partial charge is 0.251 e. The molecule has 0 aliphatic carbocycles. The molecule has 3 aromatic rings. The number of rotatable bonds is 5. The Morgan fingerprint density at radius 1 is 1.00 bits per heavy atom. The van der Waals surface area contributed by atoms with Gasteiger partial charge in [0, 0.05) is 38.4 Å². The van der Waals surface area contributed by atoms with Crippen molar-refractivity contribution in [1.29, 1.82) is 0 Å². The van der Waals surface area contributed by atoms with Gasteiger partial charge in [-0.15, -0.1) is 5.10 Å². The molecule has 0 atom stereocenters. The average Bonchev–Trinajstić information content (AvgIpc) is 2.75. The van der Waals surface area contributed by atoms with E-state index in [1.807, 2.05) is 18.2 Å². The van der Waals surface area contributed by atoms with Crippen molar-refractivity contribution >= 4 is 23.1 Å². The van der Waals surface area contributed by atoms with E-state index in [-0.39, 0.29) is 5.82 Å². The van der Waals surface area contributed by atoms with Gasteiger partial charge < -0.3 is 14.7 Å².